The topological polar surface area (TPSA) is 13.1 Å². The van der Waals surface area contributed by atoms with E-state index in [1.807, 2.05) is 0 Å². The van der Waals surface area contributed by atoms with Gasteiger partial charge in [-0.15, -0.1) is 0 Å². The molecule has 0 radical (unpaired) electrons. The number of fused-ring (bicyclic) bond motifs is 4. The Morgan fingerprint density at radius 1 is 0.654 bits per heavy atom. The highest BCUT2D eigenvalue weighted by molar-refractivity contribution is 6.13. The zero-order valence-corrected chi connectivity index (χ0v) is 15.0. The first-order valence-electron chi connectivity index (χ1n) is 9.16. The van der Waals surface area contributed by atoms with Crippen molar-refractivity contribution in [3.05, 3.63) is 84.4 Å². The summed E-state index contributed by atoms with van der Waals surface area (Å²) in [5.41, 5.74) is 5.67. The van der Waals surface area contributed by atoms with Gasteiger partial charge in [0.25, 0.3) is 0 Å². The van der Waals surface area contributed by atoms with Crippen molar-refractivity contribution in [2.75, 3.05) is 0 Å². The molecule has 5 aromatic rings. The molecule has 0 spiro atoms. The lowest BCUT2D eigenvalue weighted by molar-refractivity contribution is 0.669. The molecule has 26 heavy (non-hydrogen) atoms. The molecule has 0 aliphatic rings. The summed E-state index contributed by atoms with van der Waals surface area (Å²) in [4.78, 5) is 0. The average molecular weight is 336 g/mol. The van der Waals surface area contributed by atoms with E-state index >= 15 is 0 Å². The van der Waals surface area contributed by atoms with Gasteiger partial charge in [0.05, 0.1) is 0 Å². The van der Waals surface area contributed by atoms with E-state index in [0.717, 1.165) is 16.7 Å². The third-order valence-electron chi connectivity index (χ3n) is 5.26. The Labute approximate surface area is 152 Å². The van der Waals surface area contributed by atoms with E-state index in [4.69, 9.17) is 4.42 Å². The number of hydrogen-bond acceptors (Lipinski definition) is 1. The third-order valence-corrected chi connectivity index (χ3v) is 5.26. The van der Waals surface area contributed by atoms with Gasteiger partial charge in [-0.3, -0.25) is 0 Å². The molecule has 0 saturated carbocycles. The number of rotatable bonds is 2. The normalized spacial score (nSPS) is 11.8. The van der Waals surface area contributed by atoms with Gasteiger partial charge in [0.1, 0.15) is 11.2 Å². The average Bonchev–Trinajstić information content (AvgIpc) is 3.06. The molecule has 0 saturated heterocycles. The second kappa shape index (κ2) is 5.74. The summed E-state index contributed by atoms with van der Waals surface area (Å²) >= 11 is 0. The van der Waals surface area contributed by atoms with Gasteiger partial charge in [-0.05, 0) is 33.9 Å². The smallest absolute Gasteiger partial charge is 0.143 e. The van der Waals surface area contributed by atoms with Gasteiger partial charge in [0, 0.05) is 16.3 Å². The van der Waals surface area contributed by atoms with Crippen LogP contribution in [0.25, 0.3) is 43.8 Å². The molecule has 0 bridgehead atoms. The fraction of sp³-hybridized carbons (Fsp3) is 0.120. The molecular weight excluding hydrogens is 316 g/mol. The Morgan fingerprint density at radius 2 is 1.35 bits per heavy atom. The van der Waals surface area contributed by atoms with Crippen LogP contribution in [0.2, 0.25) is 0 Å². The highest BCUT2D eigenvalue weighted by Crippen LogP contribution is 2.40. The molecule has 0 aliphatic carbocycles. The molecule has 0 amide bonds. The molecular formula is C25H20O. The highest BCUT2D eigenvalue weighted by Gasteiger charge is 2.16. The van der Waals surface area contributed by atoms with Gasteiger partial charge < -0.3 is 4.42 Å². The number of furan rings is 1. The van der Waals surface area contributed by atoms with Crippen LogP contribution < -0.4 is 0 Å². The van der Waals surface area contributed by atoms with Crippen LogP contribution in [0.5, 0.6) is 0 Å². The third kappa shape index (κ3) is 2.17. The summed E-state index contributed by atoms with van der Waals surface area (Å²) in [5.74, 6) is 0.459. The molecule has 1 heterocycles. The molecule has 0 fully saturated rings. The molecule has 1 heteroatoms. The van der Waals surface area contributed by atoms with Gasteiger partial charge in [-0.2, -0.15) is 0 Å². The van der Waals surface area contributed by atoms with Crippen LogP contribution in [0.15, 0.2) is 83.3 Å². The predicted octanol–water partition coefficient (Wildman–Crippen LogP) is 7.53. The molecule has 5 rings (SSSR count). The first kappa shape index (κ1) is 15.2. The zero-order valence-electron chi connectivity index (χ0n) is 15.0. The summed E-state index contributed by atoms with van der Waals surface area (Å²) in [6.45, 7) is 4.48. The lowest BCUT2D eigenvalue weighted by atomic mass is 9.94. The Hall–Kier alpha value is -3.06. The van der Waals surface area contributed by atoms with Crippen LogP contribution in [-0.2, 0) is 0 Å². The minimum atomic E-state index is 0.459. The van der Waals surface area contributed by atoms with E-state index in [2.05, 4.69) is 92.7 Å². The second-order valence-corrected chi connectivity index (χ2v) is 7.19. The van der Waals surface area contributed by atoms with E-state index in [0.29, 0.717) is 5.92 Å². The minimum absolute atomic E-state index is 0.459. The van der Waals surface area contributed by atoms with E-state index < -0.39 is 0 Å². The van der Waals surface area contributed by atoms with Crippen LogP contribution in [0.4, 0.5) is 0 Å². The Morgan fingerprint density at radius 3 is 2.23 bits per heavy atom. The van der Waals surface area contributed by atoms with Gasteiger partial charge in [0.15, 0.2) is 0 Å². The fourth-order valence-electron chi connectivity index (χ4n) is 4.03. The summed E-state index contributed by atoms with van der Waals surface area (Å²) in [6, 6.07) is 27.9. The highest BCUT2D eigenvalue weighted by atomic mass is 16.3. The van der Waals surface area contributed by atoms with E-state index in [1.54, 1.807) is 0 Å². The summed E-state index contributed by atoms with van der Waals surface area (Å²) in [6.07, 6.45) is 0. The maximum Gasteiger partial charge on any atom is 0.143 e. The van der Waals surface area contributed by atoms with Crippen molar-refractivity contribution >= 4 is 32.7 Å². The van der Waals surface area contributed by atoms with Crippen molar-refractivity contribution in [3.8, 4) is 11.1 Å². The lowest BCUT2D eigenvalue weighted by Gasteiger charge is -2.08. The molecule has 126 valence electrons. The van der Waals surface area contributed by atoms with Crippen LogP contribution in [0.3, 0.4) is 0 Å². The Bertz CT molecular complexity index is 1250. The Kier molecular flexibility index (Phi) is 3.36. The van der Waals surface area contributed by atoms with Gasteiger partial charge in [0.2, 0.25) is 0 Å². The first-order valence-corrected chi connectivity index (χ1v) is 9.16. The minimum Gasteiger partial charge on any atom is -0.455 e. The molecule has 1 aromatic heterocycles. The van der Waals surface area contributed by atoms with Crippen molar-refractivity contribution < 1.29 is 4.42 Å². The summed E-state index contributed by atoms with van der Waals surface area (Å²) in [5, 5.41) is 4.96. The largest absolute Gasteiger partial charge is 0.455 e. The van der Waals surface area contributed by atoms with Gasteiger partial charge >= 0.3 is 0 Å². The Balaban J connectivity index is 1.90. The van der Waals surface area contributed by atoms with Crippen molar-refractivity contribution in [2.24, 2.45) is 0 Å². The van der Waals surface area contributed by atoms with Crippen LogP contribution in [-0.4, -0.2) is 0 Å². The maximum absolute atomic E-state index is 6.38. The first-order chi connectivity index (χ1) is 12.7. The molecule has 4 aromatic carbocycles. The number of benzene rings is 4. The fourth-order valence-corrected chi connectivity index (χ4v) is 4.03. The molecule has 0 aliphatic heterocycles. The van der Waals surface area contributed by atoms with Crippen LogP contribution >= 0.6 is 0 Å². The second-order valence-electron chi connectivity index (χ2n) is 7.19. The van der Waals surface area contributed by atoms with Gasteiger partial charge in [-0.25, -0.2) is 0 Å². The van der Waals surface area contributed by atoms with Crippen molar-refractivity contribution in [2.45, 2.75) is 19.8 Å². The zero-order chi connectivity index (χ0) is 17.7. The van der Waals surface area contributed by atoms with E-state index in [9.17, 15) is 0 Å². The quantitative estimate of drug-likeness (QED) is 0.325. The number of hydrogen-bond donors (Lipinski definition) is 0. The molecule has 0 N–H and O–H groups in total. The van der Waals surface area contributed by atoms with E-state index in [-0.39, 0.29) is 0 Å². The van der Waals surface area contributed by atoms with Gasteiger partial charge in [-0.1, -0.05) is 86.6 Å². The standard InChI is InChI=1S/C25H20O/c1-16(2)18-11-7-15-23-24(18)22-14-6-13-21(25(22)26-23)20-12-5-9-17-8-3-4-10-19(17)20/h3-16H,1-2H3. The summed E-state index contributed by atoms with van der Waals surface area (Å²) < 4.78 is 6.38. The monoisotopic (exact) mass is 336 g/mol. The van der Waals surface area contributed by atoms with E-state index in [1.165, 1.54) is 32.7 Å². The SMILES string of the molecule is CC(C)c1cccc2oc3c(-c4cccc5ccccc45)cccc3c12. The van der Waals surface area contributed by atoms with Crippen molar-refractivity contribution in [1.82, 2.24) is 0 Å². The lowest BCUT2D eigenvalue weighted by Crippen LogP contribution is -1.87. The predicted molar refractivity (Wildman–Crippen MR) is 111 cm³/mol. The van der Waals surface area contributed by atoms with Crippen molar-refractivity contribution in [1.29, 1.82) is 0 Å². The number of para-hydroxylation sites is 1. The molecule has 0 unspecified atom stereocenters. The van der Waals surface area contributed by atoms with Crippen LogP contribution in [0.1, 0.15) is 25.3 Å². The van der Waals surface area contributed by atoms with Crippen LogP contribution in [0, 0.1) is 0 Å². The molecule has 0 atom stereocenters. The summed E-state index contributed by atoms with van der Waals surface area (Å²) in [7, 11) is 0. The maximum atomic E-state index is 6.38. The molecule has 1 nitrogen and oxygen atoms in total. The van der Waals surface area contributed by atoms with Crippen molar-refractivity contribution in [3.63, 3.8) is 0 Å².